The van der Waals surface area contributed by atoms with E-state index >= 15 is 0 Å². The van der Waals surface area contributed by atoms with Crippen LogP contribution in [0.5, 0.6) is 0 Å². The van der Waals surface area contributed by atoms with Gasteiger partial charge in [0.25, 0.3) is 0 Å². The summed E-state index contributed by atoms with van der Waals surface area (Å²) in [5, 5.41) is 10.8. The lowest BCUT2D eigenvalue weighted by Crippen LogP contribution is -2.25. The molecular formula is C16H20N2O5. The SMILES string of the molecule is COC(=O)CCN1CCc2cc(C[C@H](C)[N+](=O)[O-])cc(C=O)c21. The zero-order valence-corrected chi connectivity index (χ0v) is 13.3. The van der Waals surface area contributed by atoms with E-state index in [0.29, 0.717) is 18.5 Å². The Morgan fingerprint density at radius 2 is 2.26 bits per heavy atom. The van der Waals surface area contributed by atoms with Crippen molar-refractivity contribution in [3.8, 4) is 0 Å². The molecule has 0 radical (unpaired) electrons. The van der Waals surface area contributed by atoms with Crippen LogP contribution in [-0.4, -0.2) is 43.4 Å². The molecule has 1 heterocycles. The van der Waals surface area contributed by atoms with E-state index in [1.807, 2.05) is 11.0 Å². The molecule has 0 aromatic heterocycles. The number of aldehydes is 1. The fourth-order valence-electron chi connectivity index (χ4n) is 2.91. The van der Waals surface area contributed by atoms with Crippen LogP contribution in [0.2, 0.25) is 0 Å². The Bertz CT molecular complexity index is 629. The number of fused-ring (bicyclic) bond motifs is 1. The standard InChI is InChI=1S/C16H20N2O5/c1-11(18(21)22)7-12-8-13-3-5-17(6-4-15(20)23-2)16(13)14(9-12)10-19/h8-11H,3-7H2,1-2H3/t11-/m0/s1. The zero-order chi connectivity index (χ0) is 17.0. The molecule has 1 aliphatic heterocycles. The molecule has 0 saturated carbocycles. The zero-order valence-electron chi connectivity index (χ0n) is 13.3. The minimum absolute atomic E-state index is 0.258. The van der Waals surface area contributed by atoms with Crippen LogP contribution in [-0.2, 0) is 22.4 Å². The number of carbonyl (C=O) groups excluding carboxylic acids is 2. The predicted octanol–water partition coefficient (Wildman–Crippen LogP) is 1.63. The number of carbonyl (C=O) groups is 2. The molecule has 0 N–H and O–H groups in total. The van der Waals surface area contributed by atoms with Crippen LogP contribution in [0.1, 0.15) is 34.8 Å². The van der Waals surface area contributed by atoms with Gasteiger partial charge < -0.3 is 9.64 Å². The van der Waals surface area contributed by atoms with E-state index in [4.69, 9.17) is 0 Å². The fraction of sp³-hybridized carbons (Fsp3) is 0.500. The number of methoxy groups -OCH3 is 1. The second kappa shape index (κ2) is 7.21. The van der Waals surface area contributed by atoms with Crippen LogP contribution >= 0.6 is 0 Å². The number of nitro groups is 1. The van der Waals surface area contributed by atoms with E-state index in [-0.39, 0.29) is 17.3 Å². The molecule has 124 valence electrons. The number of benzene rings is 1. The van der Waals surface area contributed by atoms with Gasteiger partial charge in [-0.05, 0) is 23.6 Å². The van der Waals surface area contributed by atoms with Gasteiger partial charge in [0.05, 0.1) is 19.2 Å². The lowest BCUT2D eigenvalue weighted by atomic mass is 9.99. The monoisotopic (exact) mass is 320 g/mol. The molecule has 1 aromatic carbocycles. The van der Waals surface area contributed by atoms with E-state index in [1.54, 1.807) is 13.0 Å². The fourth-order valence-corrected chi connectivity index (χ4v) is 2.91. The average Bonchev–Trinajstić information content (AvgIpc) is 2.94. The third-order valence-electron chi connectivity index (χ3n) is 4.08. The Kier molecular flexibility index (Phi) is 5.31. The smallest absolute Gasteiger partial charge is 0.307 e. The summed E-state index contributed by atoms with van der Waals surface area (Å²) in [6.07, 6.45) is 2.09. The summed E-state index contributed by atoms with van der Waals surface area (Å²) >= 11 is 0. The van der Waals surface area contributed by atoms with Crippen molar-refractivity contribution < 1.29 is 19.2 Å². The highest BCUT2D eigenvalue weighted by Crippen LogP contribution is 2.33. The molecule has 1 aliphatic rings. The van der Waals surface area contributed by atoms with Gasteiger partial charge in [0, 0.05) is 36.9 Å². The minimum Gasteiger partial charge on any atom is -0.469 e. The molecule has 0 unspecified atom stereocenters. The first-order chi connectivity index (χ1) is 11.0. The molecule has 1 aromatic rings. The maximum absolute atomic E-state index is 11.4. The van der Waals surface area contributed by atoms with E-state index in [2.05, 4.69) is 4.74 Å². The van der Waals surface area contributed by atoms with Gasteiger partial charge in [0.15, 0.2) is 6.29 Å². The number of rotatable bonds is 7. The first-order valence-corrected chi connectivity index (χ1v) is 7.52. The van der Waals surface area contributed by atoms with Crippen LogP contribution in [0.25, 0.3) is 0 Å². The summed E-state index contributed by atoms with van der Waals surface area (Å²) in [6.45, 7) is 2.77. The molecule has 7 heteroatoms. The van der Waals surface area contributed by atoms with Gasteiger partial charge in [-0.15, -0.1) is 0 Å². The summed E-state index contributed by atoms with van der Waals surface area (Å²) in [5.74, 6) is -0.289. The van der Waals surface area contributed by atoms with Crippen LogP contribution < -0.4 is 4.90 Å². The van der Waals surface area contributed by atoms with Crippen LogP contribution in [0.15, 0.2) is 12.1 Å². The van der Waals surface area contributed by atoms with Crippen molar-refractivity contribution in [2.75, 3.05) is 25.1 Å². The summed E-state index contributed by atoms with van der Waals surface area (Å²) < 4.78 is 4.64. The Balaban J connectivity index is 2.22. The van der Waals surface area contributed by atoms with Gasteiger partial charge in [-0.3, -0.25) is 19.7 Å². The van der Waals surface area contributed by atoms with Crippen molar-refractivity contribution in [3.05, 3.63) is 38.9 Å². The molecule has 0 amide bonds. The van der Waals surface area contributed by atoms with Gasteiger partial charge in [-0.25, -0.2) is 0 Å². The van der Waals surface area contributed by atoms with E-state index in [0.717, 1.165) is 36.1 Å². The molecule has 0 fully saturated rings. The van der Waals surface area contributed by atoms with E-state index < -0.39 is 6.04 Å². The maximum atomic E-state index is 11.4. The maximum Gasteiger partial charge on any atom is 0.307 e. The average molecular weight is 320 g/mol. The molecule has 0 aliphatic carbocycles. The second-order valence-corrected chi connectivity index (χ2v) is 5.71. The van der Waals surface area contributed by atoms with Gasteiger partial charge in [0.1, 0.15) is 0 Å². The molecule has 1 atom stereocenters. The number of ether oxygens (including phenoxy) is 1. The van der Waals surface area contributed by atoms with Gasteiger partial charge in [0.2, 0.25) is 6.04 Å². The number of esters is 1. The van der Waals surface area contributed by atoms with Crippen molar-refractivity contribution in [2.45, 2.75) is 32.2 Å². The summed E-state index contributed by atoms with van der Waals surface area (Å²) in [6, 6.07) is 2.95. The quantitative estimate of drug-likeness (QED) is 0.328. The van der Waals surface area contributed by atoms with Crippen LogP contribution in [0.3, 0.4) is 0 Å². The normalized spacial score (nSPS) is 14.3. The van der Waals surface area contributed by atoms with E-state index in [1.165, 1.54) is 7.11 Å². The number of hydrogen-bond donors (Lipinski definition) is 0. The first kappa shape index (κ1) is 16.9. The molecule has 0 saturated heterocycles. The van der Waals surface area contributed by atoms with Crippen molar-refractivity contribution in [1.29, 1.82) is 0 Å². The Hall–Kier alpha value is -2.44. The number of nitrogens with zero attached hydrogens (tertiary/aromatic N) is 2. The molecule has 2 rings (SSSR count). The summed E-state index contributed by atoms with van der Waals surface area (Å²) in [7, 11) is 1.35. The highest BCUT2D eigenvalue weighted by molar-refractivity contribution is 5.88. The highest BCUT2D eigenvalue weighted by Gasteiger charge is 2.25. The molecular weight excluding hydrogens is 300 g/mol. The number of anilines is 1. The van der Waals surface area contributed by atoms with E-state index in [9.17, 15) is 19.7 Å². The molecule has 23 heavy (non-hydrogen) atoms. The van der Waals surface area contributed by atoms with Crippen LogP contribution in [0, 0.1) is 10.1 Å². The van der Waals surface area contributed by atoms with Gasteiger partial charge in [-0.1, -0.05) is 6.07 Å². The van der Waals surface area contributed by atoms with Crippen molar-refractivity contribution in [1.82, 2.24) is 0 Å². The topological polar surface area (TPSA) is 89.8 Å². The van der Waals surface area contributed by atoms with Crippen molar-refractivity contribution in [2.24, 2.45) is 0 Å². The van der Waals surface area contributed by atoms with Crippen molar-refractivity contribution >= 4 is 17.9 Å². The van der Waals surface area contributed by atoms with Crippen molar-refractivity contribution in [3.63, 3.8) is 0 Å². The number of hydrogen-bond acceptors (Lipinski definition) is 6. The Labute approximate surface area is 134 Å². The Morgan fingerprint density at radius 1 is 1.52 bits per heavy atom. The third-order valence-corrected chi connectivity index (χ3v) is 4.08. The minimum atomic E-state index is -0.690. The Morgan fingerprint density at radius 3 is 2.87 bits per heavy atom. The molecule has 7 nitrogen and oxygen atoms in total. The summed E-state index contributed by atoms with van der Waals surface area (Å²) in [5.41, 5.74) is 3.16. The summed E-state index contributed by atoms with van der Waals surface area (Å²) in [4.78, 5) is 35.2. The lowest BCUT2D eigenvalue weighted by Gasteiger charge is -2.20. The second-order valence-electron chi connectivity index (χ2n) is 5.71. The predicted molar refractivity (Wildman–Crippen MR) is 84.5 cm³/mol. The first-order valence-electron chi connectivity index (χ1n) is 7.52. The molecule has 0 spiro atoms. The third kappa shape index (κ3) is 3.85. The van der Waals surface area contributed by atoms with Gasteiger partial charge in [-0.2, -0.15) is 0 Å². The van der Waals surface area contributed by atoms with Crippen LogP contribution in [0.4, 0.5) is 5.69 Å². The van der Waals surface area contributed by atoms with Gasteiger partial charge >= 0.3 is 5.97 Å². The lowest BCUT2D eigenvalue weighted by molar-refractivity contribution is -0.517. The largest absolute Gasteiger partial charge is 0.469 e. The molecule has 0 bridgehead atoms. The highest BCUT2D eigenvalue weighted by atomic mass is 16.6.